The van der Waals surface area contributed by atoms with E-state index in [1.165, 1.54) is 19.3 Å². The van der Waals surface area contributed by atoms with Crippen molar-refractivity contribution in [2.24, 2.45) is 0 Å². The highest BCUT2D eigenvalue weighted by Crippen LogP contribution is 2.46. The summed E-state index contributed by atoms with van der Waals surface area (Å²) < 4.78 is 13.0. The Morgan fingerprint density at radius 3 is 2.44 bits per heavy atom. The van der Waals surface area contributed by atoms with Crippen LogP contribution < -0.4 is 4.74 Å². The van der Waals surface area contributed by atoms with Gasteiger partial charge in [0.15, 0.2) is 5.60 Å². The van der Waals surface area contributed by atoms with E-state index in [-0.39, 0.29) is 6.10 Å². The van der Waals surface area contributed by atoms with E-state index in [2.05, 4.69) is 6.92 Å². The van der Waals surface area contributed by atoms with Crippen LogP contribution in [0.1, 0.15) is 84.0 Å². The van der Waals surface area contributed by atoms with Crippen LogP contribution in [0.25, 0.3) is 0 Å². The van der Waals surface area contributed by atoms with E-state index < -0.39 is 11.4 Å². The van der Waals surface area contributed by atoms with Crippen LogP contribution in [0.15, 0.2) is 30.3 Å². The second kappa shape index (κ2) is 8.55. The third-order valence-electron chi connectivity index (χ3n) is 5.96. The summed E-state index contributed by atoms with van der Waals surface area (Å²) in [4.78, 5) is 0. The van der Waals surface area contributed by atoms with E-state index in [1.54, 1.807) is 0 Å². The van der Waals surface area contributed by atoms with E-state index in [0.717, 1.165) is 57.1 Å². The van der Waals surface area contributed by atoms with Gasteiger partial charge in [-0.1, -0.05) is 50.8 Å². The molecule has 1 N–H and O–H groups in total. The molecule has 140 valence electrons. The molecule has 1 aromatic carbocycles. The molecule has 2 atom stereocenters. The molecular formula is C22H34O3. The Labute approximate surface area is 152 Å². The molecule has 2 aliphatic carbocycles. The average molecular weight is 347 g/mol. The molecule has 0 aliphatic heterocycles. The molecule has 2 aliphatic rings. The standard InChI is InChI=1S/C22H34O3/c1-2-3-16-21(24-19-12-6-4-7-13-19)17-10-11-18-22(21,23)25-20-14-8-5-9-15-20/h4,6-7,12-13,20,23H,2-3,5,8-11,14-18H2,1H3. The molecular weight excluding hydrogens is 312 g/mol. The molecule has 0 aromatic heterocycles. The van der Waals surface area contributed by atoms with Crippen LogP contribution in [0, 0.1) is 0 Å². The van der Waals surface area contributed by atoms with Gasteiger partial charge >= 0.3 is 0 Å². The summed E-state index contributed by atoms with van der Waals surface area (Å²) >= 11 is 0. The molecule has 3 nitrogen and oxygen atoms in total. The van der Waals surface area contributed by atoms with Gasteiger partial charge in [-0.15, -0.1) is 0 Å². The Bertz CT molecular complexity index is 511. The quantitative estimate of drug-likeness (QED) is 0.653. The number of ether oxygens (including phenoxy) is 2. The van der Waals surface area contributed by atoms with Gasteiger partial charge in [0.25, 0.3) is 0 Å². The molecule has 0 bridgehead atoms. The van der Waals surface area contributed by atoms with Gasteiger partial charge in [-0.25, -0.2) is 0 Å². The normalized spacial score (nSPS) is 31.0. The topological polar surface area (TPSA) is 38.7 Å². The Kier molecular flexibility index (Phi) is 6.40. The molecule has 0 radical (unpaired) electrons. The van der Waals surface area contributed by atoms with Gasteiger partial charge in [0.05, 0.1) is 6.10 Å². The summed E-state index contributed by atoms with van der Waals surface area (Å²) in [6, 6.07) is 9.96. The van der Waals surface area contributed by atoms with Crippen LogP contribution in [0.3, 0.4) is 0 Å². The number of rotatable bonds is 7. The highest BCUT2D eigenvalue weighted by atomic mass is 16.7. The Morgan fingerprint density at radius 1 is 1.00 bits per heavy atom. The zero-order valence-electron chi connectivity index (χ0n) is 15.7. The third-order valence-corrected chi connectivity index (χ3v) is 5.96. The summed E-state index contributed by atoms with van der Waals surface area (Å²) in [5.41, 5.74) is -0.625. The first-order chi connectivity index (χ1) is 12.2. The van der Waals surface area contributed by atoms with Gasteiger partial charge in [-0.2, -0.15) is 0 Å². The van der Waals surface area contributed by atoms with Gasteiger partial charge in [0, 0.05) is 6.42 Å². The van der Waals surface area contributed by atoms with Crippen LogP contribution in [-0.4, -0.2) is 22.6 Å². The average Bonchev–Trinajstić information content (AvgIpc) is 2.64. The van der Waals surface area contributed by atoms with Gasteiger partial charge in [0.2, 0.25) is 5.79 Å². The molecule has 0 amide bonds. The van der Waals surface area contributed by atoms with Crippen molar-refractivity contribution in [3.63, 3.8) is 0 Å². The number of para-hydroxylation sites is 1. The van der Waals surface area contributed by atoms with Crippen molar-refractivity contribution in [3.8, 4) is 5.75 Å². The highest BCUT2D eigenvalue weighted by Gasteiger charge is 2.55. The second-order valence-corrected chi connectivity index (χ2v) is 7.88. The molecule has 0 heterocycles. The summed E-state index contributed by atoms with van der Waals surface area (Å²) in [5, 5.41) is 11.7. The Morgan fingerprint density at radius 2 is 1.72 bits per heavy atom. The summed E-state index contributed by atoms with van der Waals surface area (Å²) in [6.45, 7) is 2.19. The summed E-state index contributed by atoms with van der Waals surface area (Å²) in [6.07, 6.45) is 12.7. The Hall–Kier alpha value is -1.06. The van der Waals surface area contributed by atoms with Crippen LogP contribution in [0.4, 0.5) is 0 Å². The van der Waals surface area contributed by atoms with Gasteiger partial charge in [-0.05, 0) is 57.1 Å². The molecule has 0 spiro atoms. The van der Waals surface area contributed by atoms with Crippen LogP contribution in [0.5, 0.6) is 5.75 Å². The maximum atomic E-state index is 11.7. The minimum Gasteiger partial charge on any atom is -0.482 e. The van der Waals surface area contributed by atoms with Crippen molar-refractivity contribution in [2.75, 3.05) is 0 Å². The highest BCUT2D eigenvalue weighted by molar-refractivity contribution is 5.23. The van der Waals surface area contributed by atoms with Crippen LogP contribution in [0.2, 0.25) is 0 Å². The first-order valence-electron chi connectivity index (χ1n) is 10.3. The van der Waals surface area contributed by atoms with Gasteiger partial charge in [0.1, 0.15) is 5.75 Å². The molecule has 1 aromatic rings. The predicted octanol–water partition coefficient (Wildman–Crippen LogP) is 5.61. The maximum absolute atomic E-state index is 11.7. The van der Waals surface area contributed by atoms with E-state index in [1.807, 2.05) is 30.3 Å². The lowest BCUT2D eigenvalue weighted by molar-refractivity contribution is -0.326. The molecule has 3 rings (SSSR count). The van der Waals surface area contributed by atoms with Crippen LogP contribution >= 0.6 is 0 Å². The minimum atomic E-state index is -1.17. The zero-order valence-corrected chi connectivity index (χ0v) is 15.7. The van der Waals surface area contributed by atoms with Gasteiger partial charge in [-0.3, -0.25) is 0 Å². The van der Waals surface area contributed by atoms with E-state index in [9.17, 15) is 5.11 Å². The SMILES string of the molecule is CCCCC1(Oc2ccccc2)CCCCC1(O)OC1CCCCC1. The fourth-order valence-corrected chi connectivity index (χ4v) is 4.50. The molecule has 2 fully saturated rings. The number of hydrogen-bond acceptors (Lipinski definition) is 3. The van der Waals surface area contributed by atoms with E-state index in [4.69, 9.17) is 9.47 Å². The molecule has 2 saturated carbocycles. The zero-order chi connectivity index (χ0) is 17.6. The number of hydrogen-bond donors (Lipinski definition) is 1. The smallest absolute Gasteiger partial charge is 0.206 e. The van der Waals surface area contributed by atoms with Crippen molar-refractivity contribution < 1.29 is 14.6 Å². The van der Waals surface area contributed by atoms with Crippen molar-refractivity contribution in [1.29, 1.82) is 0 Å². The van der Waals surface area contributed by atoms with Crippen LogP contribution in [-0.2, 0) is 4.74 Å². The fourth-order valence-electron chi connectivity index (χ4n) is 4.50. The summed E-state index contributed by atoms with van der Waals surface area (Å²) in [7, 11) is 0. The largest absolute Gasteiger partial charge is 0.482 e. The lowest BCUT2D eigenvalue weighted by Gasteiger charge is -2.51. The minimum absolute atomic E-state index is 0.178. The first kappa shape index (κ1) is 18.7. The van der Waals surface area contributed by atoms with Crippen molar-refractivity contribution in [2.45, 2.75) is 101 Å². The Balaban J connectivity index is 1.84. The molecule has 3 heteroatoms. The molecule has 25 heavy (non-hydrogen) atoms. The van der Waals surface area contributed by atoms with E-state index >= 15 is 0 Å². The van der Waals surface area contributed by atoms with Crippen molar-refractivity contribution in [3.05, 3.63) is 30.3 Å². The van der Waals surface area contributed by atoms with E-state index in [0.29, 0.717) is 6.42 Å². The fraction of sp³-hybridized carbons (Fsp3) is 0.727. The van der Waals surface area contributed by atoms with Crippen molar-refractivity contribution >= 4 is 0 Å². The van der Waals surface area contributed by atoms with Crippen molar-refractivity contribution in [1.82, 2.24) is 0 Å². The monoisotopic (exact) mass is 346 g/mol. The third kappa shape index (κ3) is 4.38. The number of unbranched alkanes of at least 4 members (excludes halogenated alkanes) is 1. The maximum Gasteiger partial charge on any atom is 0.206 e. The number of benzene rings is 1. The first-order valence-corrected chi connectivity index (χ1v) is 10.3. The molecule has 2 unspecified atom stereocenters. The number of aliphatic hydroxyl groups is 1. The van der Waals surface area contributed by atoms with Gasteiger partial charge < -0.3 is 14.6 Å². The molecule has 0 saturated heterocycles. The second-order valence-electron chi connectivity index (χ2n) is 7.88. The summed E-state index contributed by atoms with van der Waals surface area (Å²) in [5.74, 6) is -0.329. The predicted molar refractivity (Wildman–Crippen MR) is 101 cm³/mol. The lowest BCUT2D eigenvalue weighted by atomic mass is 9.75. The lowest BCUT2D eigenvalue weighted by Crippen LogP contribution is -2.62.